The van der Waals surface area contributed by atoms with Crippen molar-refractivity contribution in [3.8, 4) is 0 Å². The van der Waals surface area contributed by atoms with E-state index in [0.29, 0.717) is 29.8 Å². The number of carbonyl (C=O) groups is 1. The van der Waals surface area contributed by atoms with Crippen LogP contribution in [0.1, 0.15) is 28.6 Å². The van der Waals surface area contributed by atoms with Crippen molar-refractivity contribution in [2.24, 2.45) is 0 Å². The van der Waals surface area contributed by atoms with E-state index in [1.165, 1.54) is 6.26 Å². The average molecular weight is 303 g/mol. The zero-order chi connectivity index (χ0) is 14.7. The Balaban J connectivity index is 1.56. The van der Waals surface area contributed by atoms with Crippen molar-refractivity contribution >= 4 is 28.7 Å². The number of nitrogens with one attached hydrogen (secondary N) is 1. The van der Waals surface area contributed by atoms with Gasteiger partial charge in [0.25, 0.3) is 5.91 Å². The van der Waals surface area contributed by atoms with Gasteiger partial charge >= 0.3 is 0 Å². The Morgan fingerprint density at radius 3 is 3.00 bits per heavy atom. The molecule has 1 aromatic carbocycles. The lowest BCUT2D eigenvalue weighted by atomic mass is 10.1. The molecule has 2 N–H and O–H groups in total. The maximum atomic E-state index is 12.0. The van der Waals surface area contributed by atoms with Crippen molar-refractivity contribution in [1.29, 1.82) is 0 Å². The molecule has 1 atom stereocenters. The molecule has 2 heterocycles. The predicted octanol–water partition coefficient (Wildman–Crippen LogP) is 2.14. The first-order valence-electron chi connectivity index (χ1n) is 6.46. The first-order chi connectivity index (χ1) is 10.2. The number of furan rings is 1. The quantitative estimate of drug-likeness (QED) is 0.754. The van der Waals surface area contributed by atoms with Gasteiger partial charge in [0.05, 0.1) is 18.0 Å². The number of aromatic nitrogens is 2. The van der Waals surface area contributed by atoms with E-state index in [0.717, 1.165) is 17.2 Å². The fourth-order valence-corrected chi connectivity index (χ4v) is 2.49. The number of aliphatic hydroxyl groups is 1. The van der Waals surface area contributed by atoms with Crippen LogP contribution in [0.5, 0.6) is 0 Å². The monoisotopic (exact) mass is 303 g/mol. The molecule has 108 valence electrons. The Labute approximate surface area is 124 Å². The summed E-state index contributed by atoms with van der Waals surface area (Å²) in [6, 6.07) is 8.61. The lowest BCUT2D eigenvalue weighted by molar-refractivity contribution is 0.0936. The largest absolute Gasteiger partial charge is 0.467 e. The van der Waals surface area contributed by atoms with Gasteiger partial charge in [-0.2, -0.15) is 8.75 Å². The van der Waals surface area contributed by atoms with Crippen LogP contribution in [0.4, 0.5) is 0 Å². The molecule has 0 radical (unpaired) electrons. The number of nitrogens with zero attached hydrogens (tertiary/aromatic N) is 2. The first kappa shape index (κ1) is 13.7. The molecule has 0 bridgehead atoms. The van der Waals surface area contributed by atoms with Crippen LogP contribution >= 0.6 is 11.7 Å². The van der Waals surface area contributed by atoms with Crippen LogP contribution in [0, 0.1) is 0 Å². The van der Waals surface area contributed by atoms with Crippen LogP contribution in [-0.2, 0) is 0 Å². The zero-order valence-corrected chi connectivity index (χ0v) is 11.8. The highest BCUT2D eigenvalue weighted by Crippen LogP contribution is 2.16. The highest BCUT2D eigenvalue weighted by Gasteiger charge is 2.12. The summed E-state index contributed by atoms with van der Waals surface area (Å²) in [5.74, 6) is 0.302. The fraction of sp³-hybridized carbons (Fsp3) is 0.214. The van der Waals surface area contributed by atoms with Crippen molar-refractivity contribution in [1.82, 2.24) is 14.1 Å². The molecule has 0 spiro atoms. The summed E-state index contributed by atoms with van der Waals surface area (Å²) in [5.41, 5.74) is 2.02. The summed E-state index contributed by atoms with van der Waals surface area (Å²) in [4.78, 5) is 12.0. The molecule has 0 aliphatic carbocycles. The third-order valence-electron chi connectivity index (χ3n) is 3.09. The molecule has 0 saturated carbocycles. The summed E-state index contributed by atoms with van der Waals surface area (Å²) >= 11 is 1.12. The van der Waals surface area contributed by atoms with Gasteiger partial charge in [-0.25, -0.2) is 0 Å². The van der Waals surface area contributed by atoms with Crippen LogP contribution < -0.4 is 5.32 Å². The van der Waals surface area contributed by atoms with Crippen molar-refractivity contribution in [3.05, 3.63) is 47.9 Å². The van der Waals surface area contributed by atoms with Crippen molar-refractivity contribution < 1.29 is 14.3 Å². The van der Waals surface area contributed by atoms with Gasteiger partial charge in [0.15, 0.2) is 0 Å². The van der Waals surface area contributed by atoms with Gasteiger partial charge in [0.2, 0.25) is 0 Å². The van der Waals surface area contributed by atoms with Crippen LogP contribution in [0.2, 0.25) is 0 Å². The molecule has 3 rings (SSSR count). The number of amides is 1. The number of carbonyl (C=O) groups excluding carboxylic acids is 1. The molecule has 0 aliphatic rings. The van der Waals surface area contributed by atoms with Gasteiger partial charge in [-0.15, -0.1) is 0 Å². The SMILES string of the molecule is O=C(NCC[C@H](O)c1ccco1)c1ccc2nsnc2c1. The van der Waals surface area contributed by atoms with Crippen molar-refractivity contribution in [3.63, 3.8) is 0 Å². The van der Waals surface area contributed by atoms with Gasteiger partial charge in [0, 0.05) is 12.1 Å². The molecular weight excluding hydrogens is 290 g/mol. The molecular formula is C14H13N3O3S. The Hall–Kier alpha value is -2.25. The van der Waals surface area contributed by atoms with Crippen LogP contribution in [0.15, 0.2) is 41.0 Å². The molecule has 7 heteroatoms. The van der Waals surface area contributed by atoms with Crippen LogP contribution in [-0.4, -0.2) is 26.3 Å². The van der Waals surface area contributed by atoms with E-state index < -0.39 is 6.10 Å². The van der Waals surface area contributed by atoms with Crippen LogP contribution in [0.3, 0.4) is 0 Å². The maximum absolute atomic E-state index is 12.0. The maximum Gasteiger partial charge on any atom is 0.251 e. The topological polar surface area (TPSA) is 88.2 Å². The Bertz CT molecular complexity index is 739. The minimum Gasteiger partial charge on any atom is -0.467 e. The summed E-state index contributed by atoms with van der Waals surface area (Å²) in [5, 5.41) is 12.6. The summed E-state index contributed by atoms with van der Waals surface area (Å²) in [6.45, 7) is 0.355. The van der Waals surface area contributed by atoms with Gasteiger partial charge in [0.1, 0.15) is 22.9 Å². The number of hydrogen-bond donors (Lipinski definition) is 2. The first-order valence-corrected chi connectivity index (χ1v) is 7.19. The average Bonchev–Trinajstić information content (AvgIpc) is 3.17. The highest BCUT2D eigenvalue weighted by molar-refractivity contribution is 7.00. The van der Waals surface area contributed by atoms with E-state index in [2.05, 4.69) is 14.1 Å². The smallest absolute Gasteiger partial charge is 0.251 e. The minimum atomic E-state index is -0.717. The standard InChI is InChI=1S/C14H13N3O3S/c18-12(13-2-1-7-20-13)5-6-15-14(19)9-3-4-10-11(8-9)17-21-16-10/h1-4,7-8,12,18H,5-6H2,(H,15,19)/t12-/m0/s1. The number of hydrogen-bond acceptors (Lipinski definition) is 6. The molecule has 6 nitrogen and oxygen atoms in total. The van der Waals surface area contributed by atoms with E-state index in [-0.39, 0.29) is 5.91 Å². The minimum absolute atomic E-state index is 0.198. The third-order valence-corrected chi connectivity index (χ3v) is 3.65. The second-order valence-corrected chi connectivity index (χ2v) is 5.07. The number of benzene rings is 1. The number of fused-ring (bicyclic) bond motifs is 1. The molecule has 0 saturated heterocycles. The van der Waals surface area contributed by atoms with E-state index in [1.54, 1.807) is 30.3 Å². The molecule has 1 amide bonds. The second kappa shape index (κ2) is 6.02. The Morgan fingerprint density at radius 2 is 2.19 bits per heavy atom. The predicted molar refractivity (Wildman–Crippen MR) is 78.0 cm³/mol. The van der Waals surface area contributed by atoms with Gasteiger partial charge in [-0.1, -0.05) is 0 Å². The van der Waals surface area contributed by atoms with Crippen molar-refractivity contribution in [2.45, 2.75) is 12.5 Å². The summed E-state index contributed by atoms with van der Waals surface area (Å²) in [6.07, 6.45) is 1.18. The van der Waals surface area contributed by atoms with E-state index in [9.17, 15) is 9.90 Å². The molecule has 0 aliphatic heterocycles. The fourth-order valence-electron chi connectivity index (χ4n) is 1.97. The van der Waals surface area contributed by atoms with Crippen LogP contribution in [0.25, 0.3) is 11.0 Å². The summed E-state index contributed by atoms with van der Waals surface area (Å²) in [7, 11) is 0. The Kier molecular flexibility index (Phi) is 3.94. The van der Waals surface area contributed by atoms with Gasteiger partial charge in [-0.3, -0.25) is 4.79 Å². The van der Waals surface area contributed by atoms with E-state index in [4.69, 9.17) is 4.42 Å². The molecule has 21 heavy (non-hydrogen) atoms. The van der Waals surface area contributed by atoms with E-state index >= 15 is 0 Å². The number of rotatable bonds is 5. The molecule has 2 aromatic heterocycles. The highest BCUT2D eigenvalue weighted by atomic mass is 32.1. The third kappa shape index (κ3) is 3.09. The van der Waals surface area contributed by atoms with Gasteiger partial charge < -0.3 is 14.8 Å². The zero-order valence-electron chi connectivity index (χ0n) is 11.0. The molecule has 0 unspecified atom stereocenters. The second-order valence-electron chi connectivity index (χ2n) is 4.54. The Morgan fingerprint density at radius 1 is 1.33 bits per heavy atom. The van der Waals surface area contributed by atoms with Crippen molar-refractivity contribution in [2.75, 3.05) is 6.54 Å². The number of aliphatic hydroxyl groups excluding tert-OH is 1. The van der Waals surface area contributed by atoms with E-state index in [1.807, 2.05) is 0 Å². The molecule has 0 fully saturated rings. The lowest BCUT2D eigenvalue weighted by Crippen LogP contribution is -2.25. The lowest BCUT2D eigenvalue weighted by Gasteiger charge is -2.09. The van der Waals surface area contributed by atoms with Gasteiger partial charge in [-0.05, 0) is 36.8 Å². The summed E-state index contributed by atoms with van der Waals surface area (Å²) < 4.78 is 13.3. The molecule has 3 aromatic rings. The normalized spacial score (nSPS) is 12.4.